The standard InChI is InChI=1S/C10H12Br2N2O/c1-7(2)14(10(12)15)13-9-5-3-8(11)4-6-9/h3-7,13H,1-2H3. The van der Waals surface area contributed by atoms with Gasteiger partial charge in [-0.3, -0.25) is 10.2 Å². The number of nitrogens with zero attached hydrogens (tertiary/aromatic N) is 1. The zero-order valence-corrected chi connectivity index (χ0v) is 11.7. The van der Waals surface area contributed by atoms with Crippen LogP contribution in [0.2, 0.25) is 0 Å². The number of hydrogen-bond acceptors (Lipinski definition) is 2. The lowest BCUT2D eigenvalue weighted by molar-refractivity contribution is 0.223. The smallest absolute Gasteiger partial charge is 0.295 e. The van der Waals surface area contributed by atoms with Gasteiger partial charge in [0.15, 0.2) is 0 Å². The fraction of sp³-hybridized carbons (Fsp3) is 0.300. The van der Waals surface area contributed by atoms with Crippen LogP contribution in [0.15, 0.2) is 28.7 Å². The maximum Gasteiger partial charge on any atom is 0.308 e. The van der Waals surface area contributed by atoms with Crippen LogP contribution in [0, 0.1) is 0 Å². The molecule has 0 aliphatic heterocycles. The molecule has 0 saturated carbocycles. The highest BCUT2D eigenvalue weighted by Gasteiger charge is 2.13. The van der Waals surface area contributed by atoms with E-state index in [9.17, 15) is 4.79 Å². The van der Waals surface area contributed by atoms with Crippen molar-refractivity contribution in [1.29, 1.82) is 0 Å². The lowest BCUT2D eigenvalue weighted by Gasteiger charge is -2.25. The van der Waals surface area contributed by atoms with Gasteiger partial charge in [-0.1, -0.05) is 15.9 Å². The summed E-state index contributed by atoms with van der Waals surface area (Å²) in [7, 11) is 0. The molecule has 0 saturated heterocycles. The van der Waals surface area contributed by atoms with Gasteiger partial charge in [0.25, 0.3) is 0 Å². The summed E-state index contributed by atoms with van der Waals surface area (Å²) >= 11 is 6.28. The third kappa shape index (κ3) is 3.83. The molecule has 1 aromatic rings. The average Bonchev–Trinajstić information content (AvgIpc) is 2.15. The summed E-state index contributed by atoms with van der Waals surface area (Å²) in [5, 5.41) is 1.52. The minimum absolute atomic E-state index is 0.0838. The molecule has 0 aliphatic rings. The normalized spacial score (nSPS) is 10.2. The largest absolute Gasteiger partial charge is 0.308 e. The number of benzene rings is 1. The second-order valence-corrected chi connectivity index (χ2v) is 4.93. The minimum atomic E-state index is -0.180. The first-order valence-electron chi connectivity index (χ1n) is 4.51. The van der Waals surface area contributed by atoms with Crippen LogP contribution in [0.5, 0.6) is 0 Å². The number of amides is 1. The second kappa shape index (κ2) is 5.51. The molecule has 1 rings (SSSR count). The molecule has 1 amide bonds. The van der Waals surface area contributed by atoms with Gasteiger partial charge in [-0.05, 0) is 38.1 Å². The van der Waals surface area contributed by atoms with E-state index in [-0.39, 0.29) is 10.9 Å². The molecule has 3 nitrogen and oxygen atoms in total. The number of nitrogens with one attached hydrogen (secondary N) is 1. The summed E-state index contributed by atoms with van der Waals surface area (Å²) in [5.41, 5.74) is 3.90. The van der Waals surface area contributed by atoms with E-state index in [0.717, 1.165) is 10.2 Å². The fourth-order valence-corrected chi connectivity index (χ4v) is 1.80. The Balaban J connectivity index is 2.74. The number of anilines is 1. The lowest BCUT2D eigenvalue weighted by Crippen LogP contribution is -2.37. The van der Waals surface area contributed by atoms with Crippen molar-refractivity contribution < 1.29 is 4.79 Å². The number of halogens is 2. The molecule has 0 fully saturated rings. The monoisotopic (exact) mass is 334 g/mol. The molecule has 0 bridgehead atoms. The van der Waals surface area contributed by atoms with E-state index in [1.165, 1.54) is 5.01 Å². The van der Waals surface area contributed by atoms with Crippen molar-refractivity contribution in [2.24, 2.45) is 0 Å². The molecular weight excluding hydrogens is 324 g/mol. The molecule has 0 radical (unpaired) electrons. The molecule has 1 aromatic carbocycles. The van der Waals surface area contributed by atoms with Crippen LogP contribution in [0.1, 0.15) is 13.8 Å². The first-order chi connectivity index (χ1) is 7.00. The predicted molar refractivity (Wildman–Crippen MR) is 69.1 cm³/mol. The maximum absolute atomic E-state index is 11.2. The molecule has 0 heterocycles. The Labute approximate surface area is 106 Å². The van der Waals surface area contributed by atoms with Crippen LogP contribution in [0.25, 0.3) is 0 Å². The third-order valence-electron chi connectivity index (χ3n) is 1.80. The number of carbonyl (C=O) groups is 1. The van der Waals surface area contributed by atoms with Gasteiger partial charge in [0.1, 0.15) is 0 Å². The highest BCUT2D eigenvalue weighted by Crippen LogP contribution is 2.16. The van der Waals surface area contributed by atoms with Gasteiger partial charge in [-0.25, -0.2) is 5.01 Å². The van der Waals surface area contributed by atoms with Gasteiger partial charge in [-0.2, -0.15) is 0 Å². The second-order valence-electron chi connectivity index (χ2n) is 3.34. The quantitative estimate of drug-likeness (QED) is 0.514. The van der Waals surface area contributed by atoms with Crippen LogP contribution in [0.3, 0.4) is 0 Å². The Morgan fingerprint density at radius 1 is 1.33 bits per heavy atom. The number of hydrazine groups is 1. The molecule has 15 heavy (non-hydrogen) atoms. The van der Waals surface area contributed by atoms with E-state index in [1.807, 2.05) is 38.1 Å². The van der Waals surface area contributed by atoms with Gasteiger partial charge < -0.3 is 0 Å². The Morgan fingerprint density at radius 3 is 2.27 bits per heavy atom. The van der Waals surface area contributed by atoms with Crippen molar-refractivity contribution in [2.45, 2.75) is 19.9 Å². The average molecular weight is 336 g/mol. The highest BCUT2D eigenvalue weighted by molar-refractivity contribution is 9.18. The van der Waals surface area contributed by atoms with Crippen LogP contribution in [0.4, 0.5) is 10.5 Å². The van der Waals surface area contributed by atoms with Crippen molar-refractivity contribution in [3.8, 4) is 0 Å². The first kappa shape index (κ1) is 12.5. The third-order valence-corrected chi connectivity index (χ3v) is 2.71. The number of hydrogen-bond donors (Lipinski definition) is 1. The minimum Gasteiger partial charge on any atom is -0.295 e. The van der Waals surface area contributed by atoms with E-state index >= 15 is 0 Å². The molecule has 0 spiro atoms. The van der Waals surface area contributed by atoms with Crippen molar-refractivity contribution >= 4 is 42.4 Å². The van der Waals surface area contributed by atoms with Crippen molar-refractivity contribution in [3.05, 3.63) is 28.7 Å². The predicted octanol–water partition coefficient (Wildman–Crippen LogP) is 4.00. The first-order valence-corrected chi connectivity index (χ1v) is 6.10. The Kier molecular flexibility index (Phi) is 4.60. The zero-order chi connectivity index (χ0) is 11.4. The van der Waals surface area contributed by atoms with Gasteiger partial charge in [-0.15, -0.1) is 0 Å². The van der Waals surface area contributed by atoms with Gasteiger partial charge in [0, 0.05) is 26.4 Å². The SMILES string of the molecule is CC(C)N(Nc1ccc(Br)cc1)C(=O)Br. The van der Waals surface area contributed by atoms with E-state index in [4.69, 9.17) is 0 Å². The lowest BCUT2D eigenvalue weighted by atomic mass is 10.3. The van der Waals surface area contributed by atoms with E-state index in [1.54, 1.807) is 0 Å². The topological polar surface area (TPSA) is 32.3 Å². The zero-order valence-electron chi connectivity index (χ0n) is 8.50. The fourth-order valence-electron chi connectivity index (χ4n) is 1.04. The van der Waals surface area contributed by atoms with Crippen LogP contribution in [-0.2, 0) is 0 Å². The molecule has 0 atom stereocenters. The summed E-state index contributed by atoms with van der Waals surface area (Å²) in [6.45, 7) is 3.87. The van der Waals surface area contributed by atoms with Gasteiger partial charge in [0.05, 0.1) is 5.69 Å². The summed E-state index contributed by atoms with van der Waals surface area (Å²) in [6, 6.07) is 7.71. The summed E-state index contributed by atoms with van der Waals surface area (Å²) in [6.07, 6.45) is 0. The number of rotatable bonds is 3. The van der Waals surface area contributed by atoms with Crippen molar-refractivity contribution in [3.63, 3.8) is 0 Å². The molecule has 0 aliphatic carbocycles. The van der Waals surface area contributed by atoms with Crippen LogP contribution < -0.4 is 5.43 Å². The van der Waals surface area contributed by atoms with Crippen molar-refractivity contribution in [2.75, 3.05) is 5.43 Å². The molecular formula is C10H12Br2N2O. The molecule has 1 N–H and O–H groups in total. The van der Waals surface area contributed by atoms with E-state index in [0.29, 0.717) is 0 Å². The Morgan fingerprint density at radius 2 is 1.87 bits per heavy atom. The Hall–Kier alpha value is -0.550. The van der Waals surface area contributed by atoms with E-state index < -0.39 is 0 Å². The van der Waals surface area contributed by atoms with E-state index in [2.05, 4.69) is 37.3 Å². The Bertz CT molecular complexity index is 338. The number of carbonyl (C=O) groups excluding carboxylic acids is 1. The van der Waals surface area contributed by atoms with Gasteiger partial charge >= 0.3 is 4.82 Å². The maximum atomic E-state index is 11.2. The molecule has 0 unspecified atom stereocenters. The highest BCUT2D eigenvalue weighted by atomic mass is 79.9. The van der Waals surface area contributed by atoms with Crippen LogP contribution >= 0.6 is 31.9 Å². The van der Waals surface area contributed by atoms with Crippen LogP contribution in [-0.4, -0.2) is 15.9 Å². The molecule has 5 heteroatoms. The summed E-state index contributed by atoms with van der Waals surface area (Å²) in [4.78, 5) is 11.0. The van der Waals surface area contributed by atoms with Crippen molar-refractivity contribution in [1.82, 2.24) is 5.01 Å². The summed E-state index contributed by atoms with van der Waals surface area (Å²) < 4.78 is 1.01. The van der Waals surface area contributed by atoms with Gasteiger partial charge in [0.2, 0.25) is 0 Å². The summed E-state index contributed by atoms with van der Waals surface area (Å²) in [5.74, 6) is 0. The molecule has 82 valence electrons. The molecule has 0 aromatic heterocycles.